The number of alkyl halides is 3. The number of anilines is 1. The number of rotatable bonds is 3. The molecule has 0 aliphatic carbocycles. The lowest BCUT2D eigenvalue weighted by molar-refractivity contribution is -0.138. The van der Waals surface area contributed by atoms with Gasteiger partial charge >= 0.3 is 6.18 Å². The van der Waals surface area contributed by atoms with Crippen molar-refractivity contribution in [2.75, 3.05) is 5.32 Å². The Morgan fingerprint density at radius 1 is 1.00 bits per heavy atom. The van der Waals surface area contributed by atoms with Gasteiger partial charge in [0.25, 0.3) is 0 Å². The van der Waals surface area contributed by atoms with Crippen molar-refractivity contribution in [1.82, 2.24) is 0 Å². The van der Waals surface area contributed by atoms with Gasteiger partial charge in [-0.05, 0) is 37.1 Å². The number of hydrogen-bond acceptors (Lipinski definition) is 1. The standard InChI is InChI=1S/C16H16F3N/c1-11-4-3-5-13(8-11)10-20-14-7-6-12(2)15(9-14)16(17,18)19/h3-9,20H,10H2,1-2H3. The van der Waals surface area contributed by atoms with Crippen molar-refractivity contribution in [3.63, 3.8) is 0 Å². The Morgan fingerprint density at radius 2 is 1.75 bits per heavy atom. The summed E-state index contributed by atoms with van der Waals surface area (Å²) in [5.41, 5.74) is 2.29. The predicted molar refractivity (Wildman–Crippen MR) is 74.7 cm³/mol. The molecule has 0 spiro atoms. The summed E-state index contributed by atoms with van der Waals surface area (Å²) in [5, 5.41) is 3.03. The summed E-state index contributed by atoms with van der Waals surface area (Å²) in [7, 11) is 0. The van der Waals surface area contributed by atoms with Crippen LogP contribution in [-0.2, 0) is 12.7 Å². The fourth-order valence-corrected chi connectivity index (χ4v) is 2.06. The van der Waals surface area contributed by atoms with Gasteiger partial charge in [0.2, 0.25) is 0 Å². The highest BCUT2D eigenvalue weighted by atomic mass is 19.4. The Bertz CT molecular complexity index is 603. The second-order valence-electron chi connectivity index (χ2n) is 4.87. The van der Waals surface area contributed by atoms with E-state index in [0.29, 0.717) is 12.2 Å². The van der Waals surface area contributed by atoms with Gasteiger partial charge in [0.15, 0.2) is 0 Å². The lowest BCUT2D eigenvalue weighted by Crippen LogP contribution is -2.09. The molecule has 0 fully saturated rings. The van der Waals surface area contributed by atoms with E-state index in [1.807, 2.05) is 31.2 Å². The summed E-state index contributed by atoms with van der Waals surface area (Å²) in [6.45, 7) is 3.95. The highest BCUT2D eigenvalue weighted by Gasteiger charge is 2.32. The zero-order valence-corrected chi connectivity index (χ0v) is 11.4. The van der Waals surface area contributed by atoms with Crippen molar-refractivity contribution in [3.8, 4) is 0 Å². The van der Waals surface area contributed by atoms with Crippen LogP contribution in [0.3, 0.4) is 0 Å². The molecular weight excluding hydrogens is 263 g/mol. The molecule has 1 N–H and O–H groups in total. The lowest BCUT2D eigenvalue weighted by atomic mass is 10.1. The van der Waals surface area contributed by atoms with Gasteiger partial charge in [0.05, 0.1) is 5.56 Å². The van der Waals surface area contributed by atoms with Crippen LogP contribution in [0.15, 0.2) is 42.5 Å². The first kappa shape index (κ1) is 14.4. The SMILES string of the molecule is Cc1cccc(CNc2ccc(C)c(C(F)(F)F)c2)c1. The van der Waals surface area contributed by atoms with E-state index in [4.69, 9.17) is 0 Å². The average molecular weight is 279 g/mol. The van der Waals surface area contributed by atoms with E-state index >= 15 is 0 Å². The summed E-state index contributed by atoms with van der Waals surface area (Å²) in [4.78, 5) is 0. The number of hydrogen-bond donors (Lipinski definition) is 1. The molecule has 1 nitrogen and oxygen atoms in total. The molecule has 0 atom stereocenters. The van der Waals surface area contributed by atoms with Crippen LogP contribution in [0.4, 0.5) is 18.9 Å². The molecule has 0 unspecified atom stereocenters. The molecule has 2 aromatic carbocycles. The molecule has 0 aromatic heterocycles. The molecule has 0 saturated heterocycles. The number of nitrogens with one attached hydrogen (secondary N) is 1. The number of aryl methyl sites for hydroxylation is 2. The van der Waals surface area contributed by atoms with Crippen molar-refractivity contribution in [2.24, 2.45) is 0 Å². The Hall–Kier alpha value is -1.97. The molecule has 0 aliphatic heterocycles. The maximum absolute atomic E-state index is 12.8. The van der Waals surface area contributed by atoms with Crippen molar-refractivity contribution in [2.45, 2.75) is 26.6 Å². The fraction of sp³-hybridized carbons (Fsp3) is 0.250. The minimum atomic E-state index is -4.31. The van der Waals surface area contributed by atoms with Crippen molar-refractivity contribution >= 4 is 5.69 Å². The number of halogens is 3. The Balaban J connectivity index is 2.14. The monoisotopic (exact) mass is 279 g/mol. The van der Waals surface area contributed by atoms with E-state index in [-0.39, 0.29) is 5.56 Å². The summed E-state index contributed by atoms with van der Waals surface area (Å²) in [6.07, 6.45) is -4.31. The molecular formula is C16H16F3N. The van der Waals surface area contributed by atoms with Crippen molar-refractivity contribution < 1.29 is 13.2 Å². The van der Waals surface area contributed by atoms with Crippen LogP contribution in [0, 0.1) is 13.8 Å². The molecule has 20 heavy (non-hydrogen) atoms. The molecule has 106 valence electrons. The molecule has 2 aromatic rings. The van der Waals surface area contributed by atoms with E-state index in [2.05, 4.69) is 5.32 Å². The van der Waals surface area contributed by atoms with E-state index in [0.717, 1.165) is 17.2 Å². The van der Waals surface area contributed by atoms with Crippen LogP contribution in [-0.4, -0.2) is 0 Å². The normalized spacial score (nSPS) is 11.4. The molecule has 0 aliphatic rings. The quantitative estimate of drug-likeness (QED) is 0.839. The maximum atomic E-state index is 12.8. The molecule has 2 rings (SSSR count). The van der Waals surface area contributed by atoms with E-state index < -0.39 is 11.7 Å². The largest absolute Gasteiger partial charge is 0.416 e. The third-order valence-corrected chi connectivity index (χ3v) is 3.12. The molecule has 0 bridgehead atoms. The minimum Gasteiger partial charge on any atom is -0.381 e. The van der Waals surface area contributed by atoms with E-state index in [9.17, 15) is 13.2 Å². The van der Waals surface area contributed by atoms with Gasteiger partial charge in [-0.3, -0.25) is 0 Å². The third kappa shape index (κ3) is 3.53. The second kappa shape index (κ2) is 5.57. The zero-order valence-electron chi connectivity index (χ0n) is 11.4. The van der Waals surface area contributed by atoms with Gasteiger partial charge in [-0.1, -0.05) is 35.9 Å². The minimum absolute atomic E-state index is 0.235. The van der Waals surface area contributed by atoms with Gasteiger partial charge in [-0.25, -0.2) is 0 Å². The Morgan fingerprint density at radius 3 is 2.40 bits per heavy atom. The molecule has 4 heteroatoms. The maximum Gasteiger partial charge on any atom is 0.416 e. The first-order valence-electron chi connectivity index (χ1n) is 6.33. The summed E-state index contributed by atoms with van der Waals surface area (Å²) in [6, 6.07) is 12.2. The molecule has 0 heterocycles. The van der Waals surface area contributed by atoms with Gasteiger partial charge in [-0.15, -0.1) is 0 Å². The van der Waals surface area contributed by atoms with Gasteiger partial charge in [0.1, 0.15) is 0 Å². The number of benzene rings is 2. The van der Waals surface area contributed by atoms with E-state index in [1.165, 1.54) is 13.0 Å². The van der Waals surface area contributed by atoms with Gasteiger partial charge in [-0.2, -0.15) is 13.2 Å². The first-order chi connectivity index (χ1) is 9.36. The zero-order chi connectivity index (χ0) is 14.8. The average Bonchev–Trinajstić information content (AvgIpc) is 2.36. The van der Waals surface area contributed by atoms with Crippen LogP contribution >= 0.6 is 0 Å². The summed E-state index contributed by atoms with van der Waals surface area (Å²) in [5.74, 6) is 0. The van der Waals surface area contributed by atoms with Crippen LogP contribution in [0.1, 0.15) is 22.3 Å². The first-order valence-corrected chi connectivity index (χ1v) is 6.33. The van der Waals surface area contributed by atoms with Gasteiger partial charge in [0, 0.05) is 12.2 Å². The molecule has 0 saturated carbocycles. The lowest BCUT2D eigenvalue weighted by Gasteiger charge is -2.13. The molecule has 0 amide bonds. The predicted octanol–water partition coefficient (Wildman–Crippen LogP) is 4.93. The van der Waals surface area contributed by atoms with Crippen LogP contribution in [0.5, 0.6) is 0 Å². The summed E-state index contributed by atoms with van der Waals surface area (Å²) < 4.78 is 38.5. The van der Waals surface area contributed by atoms with Crippen LogP contribution < -0.4 is 5.32 Å². The third-order valence-electron chi connectivity index (χ3n) is 3.12. The fourth-order valence-electron chi connectivity index (χ4n) is 2.06. The van der Waals surface area contributed by atoms with Crippen molar-refractivity contribution in [1.29, 1.82) is 0 Å². The molecule has 0 radical (unpaired) electrons. The van der Waals surface area contributed by atoms with Crippen LogP contribution in [0.2, 0.25) is 0 Å². The highest BCUT2D eigenvalue weighted by Crippen LogP contribution is 2.33. The Labute approximate surface area is 116 Å². The van der Waals surface area contributed by atoms with Crippen molar-refractivity contribution in [3.05, 3.63) is 64.7 Å². The summed E-state index contributed by atoms with van der Waals surface area (Å²) >= 11 is 0. The van der Waals surface area contributed by atoms with Gasteiger partial charge < -0.3 is 5.32 Å². The topological polar surface area (TPSA) is 12.0 Å². The Kier molecular flexibility index (Phi) is 4.02. The smallest absolute Gasteiger partial charge is 0.381 e. The van der Waals surface area contributed by atoms with E-state index in [1.54, 1.807) is 6.07 Å². The van der Waals surface area contributed by atoms with Crippen LogP contribution in [0.25, 0.3) is 0 Å². The second-order valence-corrected chi connectivity index (χ2v) is 4.87. The highest BCUT2D eigenvalue weighted by molar-refractivity contribution is 5.49.